The molecule has 30 heavy (non-hydrogen) atoms. The molecule has 7 nitrogen and oxygen atoms in total. The van der Waals surface area contributed by atoms with E-state index in [4.69, 9.17) is 4.74 Å². The summed E-state index contributed by atoms with van der Waals surface area (Å²) in [7, 11) is 3.30. The second kappa shape index (κ2) is 8.47. The maximum absolute atomic E-state index is 13.4. The molecule has 0 aliphatic heterocycles. The molecule has 0 bridgehead atoms. The van der Waals surface area contributed by atoms with Crippen LogP contribution in [0.15, 0.2) is 45.3 Å². The molecule has 1 saturated carbocycles. The standard InChI is InChI=1S/C22H25N3O4S/c1-23(15-8-4-3-5-9-15)19(26)14-24-17-12-13-30-20(17)21(27)25(22(24)28)16-10-6-7-11-18(16)29-2/h6-7,10-13,15H,3-5,8-9,14H2,1-2H3. The number of ether oxygens (including phenoxy) is 1. The minimum Gasteiger partial charge on any atom is -0.495 e. The van der Waals surface area contributed by atoms with Crippen LogP contribution in [0.5, 0.6) is 5.75 Å². The summed E-state index contributed by atoms with van der Waals surface area (Å²) in [6.45, 7) is -0.103. The van der Waals surface area contributed by atoms with Gasteiger partial charge in [0.25, 0.3) is 5.56 Å². The van der Waals surface area contributed by atoms with E-state index in [0.29, 0.717) is 21.7 Å². The Kier molecular flexibility index (Phi) is 5.76. The quantitative estimate of drug-likeness (QED) is 0.627. The van der Waals surface area contributed by atoms with Crippen LogP contribution in [0.3, 0.4) is 0 Å². The lowest BCUT2D eigenvalue weighted by Gasteiger charge is -2.31. The molecular formula is C22H25N3O4S. The third-order valence-electron chi connectivity index (χ3n) is 5.89. The maximum atomic E-state index is 13.4. The lowest BCUT2D eigenvalue weighted by Crippen LogP contribution is -2.44. The lowest BCUT2D eigenvalue weighted by molar-refractivity contribution is -0.133. The Labute approximate surface area is 178 Å². The van der Waals surface area contributed by atoms with Crippen molar-refractivity contribution in [3.05, 3.63) is 56.5 Å². The lowest BCUT2D eigenvalue weighted by atomic mass is 9.94. The number of hydrogen-bond donors (Lipinski definition) is 0. The van der Waals surface area contributed by atoms with Crippen molar-refractivity contribution in [3.8, 4) is 11.4 Å². The molecule has 0 spiro atoms. The Bertz CT molecular complexity index is 1190. The van der Waals surface area contributed by atoms with Gasteiger partial charge in [0.1, 0.15) is 17.0 Å². The number of amides is 1. The highest BCUT2D eigenvalue weighted by Gasteiger charge is 2.24. The van der Waals surface area contributed by atoms with E-state index >= 15 is 0 Å². The molecule has 0 N–H and O–H groups in total. The second-order valence-corrected chi connectivity index (χ2v) is 8.53. The molecule has 8 heteroatoms. The molecule has 3 aromatic rings. The van der Waals surface area contributed by atoms with Gasteiger partial charge in [0.05, 0.1) is 18.3 Å². The van der Waals surface area contributed by atoms with Crippen molar-refractivity contribution < 1.29 is 9.53 Å². The highest BCUT2D eigenvalue weighted by molar-refractivity contribution is 7.17. The zero-order chi connectivity index (χ0) is 21.3. The predicted molar refractivity (Wildman–Crippen MR) is 118 cm³/mol. The van der Waals surface area contributed by atoms with Crippen LogP contribution in [-0.2, 0) is 11.3 Å². The van der Waals surface area contributed by atoms with Crippen LogP contribution in [0.2, 0.25) is 0 Å². The minimum absolute atomic E-state index is 0.103. The van der Waals surface area contributed by atoms with Crippen molar-refractivity contribution in [3.63, 3.8) is 0 Å². The molecule has 2 heterocycles. The molecular weight excluding hydrogens is 402 g/mol. The Morgan fingerprint density at radius 3 is 2.63 bits per heavy atom. The summed E-state index contributed by atoms with van der Waals surface area (Å²) in [5.41, 5.74) is -0.0849. The number of methoxy groups -OCH3 is 1. The van der Waals surface area contributed by atoms with Crippen LogP contribution in [-0.4, -0.2) is 40.1 Å². The third kappa shape index (κ3) is 3.56. The van der Waals surface area contributed by atoms with Crippen LogP contribution in [0.25, 0.3) is 15.9 Å². The van der Waals surface area contributed by atoms with E-state index in [-0.39, 0.29) is 18.5 Å². The summed E-state index contributed by atoms with van der Waals surface area (Å²) in [4.78, 5) is 41.3. The first-order valence-electron chi connectivity index (χ1n) is 10.1. The van der Waals surface area contributed by atoms with Crippen molar-refractivity contribution in [1.82, 2.24) is 14.0 Å². The third-order valence-corrected chi connectivity index (χ3v) is 6.78. The van der Waals surface area contributed by atoms with Gasteiger partial charge in [-0.15, -0.1) is 11.3 Å². The summed E-state index contributed by atoms with van der Waals surface area (Å²) in [6, 6.07) is 8.82. The van der Waals surface area contributed by atoms with E-state index < -0.39 is 11.2 Å². The van der Waals surface area contributed by atoms with E-state index in [1.54, 1.807) is 40.6 Å². The van der Waals surface area contributed by atoms with Crippen molar-refractivity contribution in [2.75, 3.05) is 14.2 Å². The summed E-state index contributed by atoms with van der Waals surface area (Å²) < 4.78 is 8.31. The molecule has 0 saturated heterocycles. The molecule has 0 unspecified atom stereocenters. The smallest absolute Gasteiger partial charge is 0.336 e. The fourth-order valence-electron chi connectivity index (χ4n) is 4.19. The van der Waals surface area contributed by atoms with Gasteiger partial charge in [-0.1, -0.05) is 31.4 Å². The van der Waals surface area contributed by atoms with Crippen molar-refractivity contribution in [2.24, 2.45) is 0 Å². The Hall–Kier alpha value is -2.87. The van der Waals surface area contributed by atoms with Crippen LogP contribution in [0.1, 0.15) is 32.1 Å². The molecule has 4 rings (SSSR count). The monoisotopic (exact) mass is 427 g/mol. The highest BCUT2D eigenvalue weighted by atomic mass is 32.1. The zero-order valence-electron chi connectivity index (χ0n) is 17.2. The largest absolute Gasteiger partial charge is 0.495 e. The van der Waals surface area contributed by atoms with Crippen LogP contribution < -0.4 is 16.0 Å². The summed E-state index contributed by atoms with van der Waals surface area (Å²) in [5.74, 6) is 0.298. The van der Waals surface area contributed by atoms with Crippen molar-refractivity contribution >= 4 is 27.5 Å². The number of para-hydroxylation sites is 2. The van der Waals surface area contributed by atoms with Gasteiger partial charge in [0.2, 0.25) is 5.91 Å². The summed E-state index contributed by atoms with van der Waals surface area (Å²) in [5, 5.41) is 1.77. The number of aromatic nitrogens is 2. The summed E-state index contributed by atoms with van der Waals surface area (Å²) >= 11 is 1.26. The van der Waals surface area contributed by atoms with E-state index in [2.05, 4.69) is 0 Å². The first kappa shape index (κ1) is 20.4. The number of carbonyl (C=O) groups is 1. The molecule has 1 aromatic carbocycles. The number of fused-ring (bicyclic) bond motifs is 1. The van der Waals surface area contributed by atoms with Gasteiger partial charge < -0.3 is 9.64 Å². The first-order chi connectivity index (χ1) is 14.5. The SMILES string of the molecule is COc1ccccc1-n1c(=O)c2sccc2n(CC(=O)N(C)C2CCCCC2)c1=O. The average molecular weight is 428 g/mol. The van der Waals surface area contributed by atoms with E-state index in [9.17, 15) is 14.4 Å². The van der Waals surface area contributed by atoms with Gasteiger partial charge in [0.15, 0.2) is 0 Å². The number of hydrogen-bond acceptors (Lipinski definition) is 5. The predicted octanol–water partition coefficient (Wildman–Crippen LogP) is 3.01. The van der Waals surface area contributed by atoms with Crippen LogP contribution in [0.4, 0.5) is 0 Å². The van der Waals surface area contributed by atoms with E-state index in [0.717, 1.165) is 30.3 Å². The molecule has 1 aliphatic rings. The number of rotatable bonds is 5. The molecule has 0 atom stereocenters. The van der Waals surface area contributed by atoms with Gasteiger partial charge in [-0.3, -0.25) is 14.2 Å². The Morgan fingerprint density at radius 1 is 1.17 bits per heavy atom. The number of benzene rings is 1. The molecule has 158 valence electrons. The fourth-order valence-corrected chi connectivity index (χ4v) is 5.01. The molecule has 1 amide bonds. The Balaban J connectivity index is 1.80. The molecule has 2 aromatic heterocycles. The maximum Gasteiger partial charge on any atom is 0.336 e. The number of likely N-dealkylation sites (N-methyl/N-ethyl adjacent to an activating group) is 1. The molecule has 0 radical (unpaired) electrons. The number of nitrogens with zero attached hydrogens (tertiary/aromatic N) is 3. The van der Waals surface area contributed by atoms with Gasteiger partial charge in [-0.05, 0) is 36.4 Å². The van der Waals surface area contributed by atoms with E-state index in [1.807, 2.05) is 7.05 Å². The van der Waals surface area contributed by atoms with Crippen molar-refractivity contribution in [1.29, 1.82) is 0 Å². The number of thiophene rings is 1. The first-order valence-corrected chi connectivity index (χ1v) is 11.0. The van der Waals surface area contributed by atoms with Gasteiger partial charge in [0, 0.05) is 13.1 Å². The minimum atomic E-state index is -0.541. The fraction of sp³-hybridized carbons (Fsp3) is 0.409. The number of carbonyl (C=O) groups excluding carboxylic acids is 1. The van der Waals surface area contributed by atoms with Crippen LogP contribution >= 0.6 is 11.3 Å². The van der Waals surface area contributed by atoms with Gasteiger partial charge >= 0.3 is 5.69 Å². The van der Waals surface area contributed by atoms with Gasteiger partial charge in [-0.25, -0.2) is 9.36 Å². The summed E-state index contributed by atoms with van der Waals surface area (Å²) in [6.07, 6.45) is 5.43. The highest BCUT2D eigenvalue weighted by Crippen LogP contribution is 2.23. The Morgan fingerprint density at radius 2 is 1.90 bits per heavy atom. The average Bonchev–Trinajstić information content (AvgIpc) is 3.27. The second-order valence-electron chi connectivity index (χ2n) is 7.61. The normalized spacial score (nSPS) is 14.7. The van der Waals surface area contributed by atoms with Crippen LogP contribution in [0, 0.1) is 0 Å². The zero-order valence-corrected chi connectivity index (χ0v) is 18.0. The topological polar surface area (TPSA) is 73.5 Å². The molecule has 1 fully saturated rings. The molecule has 1 aliphatic carbocycles. The van der Waals surface area contributed by atoms with Gasteiger partial charge in [-0.2, -0.15) is 0 Å². The van der Waals surface area contributed by atoms with Crippen molar-refractivity contribution in [2.45, 2.75) is 44.7 Å². The van der Waals surface area contributed by atoms with E-state index in [1.165, 1.54) is 29.4 Å².